The van der Waals surface area contributed by atoms with Gasteiger partial charge in [-0.25, -0.2) is 0 Å². The molecular weight excluding hydrogens is 683 g/mol. The van der Waals surface area contributed by atoms with Gasteiger partial charge in [0.1, 0.15) is 0 Å². The first-order valence-electron chi connectivity index (χ1n) is 16.1. The first-order chi connectivity index (χ1) is 21.5. The van der Waals surface area contributed by atoms with Crippen molar-refractivity contribution in [3.63, 3.8) is 0 Å². The van der Waals surface area contributed by atoms with Gasteiger partial charge in [-0.15, -0.1) is 0 Å². The van der Waals surface area contributed by atoms with Crippen LogP contribution in [-0.4, -0.2) is 3.21 Å². The maximum atomic E-state index is 6.48. The van der Waals surface area contributed by atoms with Crippen LogP contribution in [0, 0.1) is 20.8 Å². The number of rotatable bonds is 5. The Morgan fingerprint density at radius 2 is 1.13 bits per heavy atom. The normalized spacial score (nSPS) is 17.4. The van der Waals surface area contributed by atoms with Gasteiger partial charge < -0.3 is 24.8 Å². The summed E-state index contributed by atoms with van der Waals surface area (Å²) in [7, 11) is 0. The van der Waals surface area contributed by atoms with E-state index < -0.39 is 21.3 Å². The number of allylic oxidation sites excluding steroid dienone is 2. The standard InChI is InChI=1S/C21H17O.C17H15.C4H6.2ClH.Zr/c1-14-8-10-17-12-18(20-11-9-15(2)22-20)13-19(17)21(14)16-6-4-3-5-7-16;1-12-10-15-9-8-13(2)17(16(15)11-12)14-6-4-3-5-7-14;1-2-4-3-1;;;/h3-13H,1-2H3;3-11H,1-2H3;1-3H2;2*1H;/q;;;;;+2/p-2. The zero-order chi connectivity index (χ0) is 29.9. The molecule has 3 aliphatic rings. The maximum Gasteiger partial charge on any atom is -1.00 e. The van der Waals surface area contributed by atoms with Gasteiger partial charge in [0.25, 0.3) is 0 Å². The predicted octanol–water partition coefficient (Wildman–Crippen LogP) is 5.27. The third kappa shape index (κ3) is 5.41. The van der Waals surface area contributed by atoms with Crippen molar-refractivity contribution in [1.82, 2.24) is 0 Å². The minimum atomic E-state index is -2.47. The van der Waals surface area contributed by atoms with Crippen molar-refractivity contribution in [2.45, 2.75) is 54.2 Å². The Labute approximate surface area is 293 Å². The molecule has 0 aliphatic heterocycles. The third-order valence-corrected chi connectivity index (χ3v) is 19.9. The summed E-state index contributed by atoms with van der Waals surface area (Å²) in [6.45, 7) is 9.05. The zero-order valence-electron chi connectivity index (χ0n) is 26.8. The summed E-state index contributed by atoms with van der Waals surface area (Å²) in [5, 5.41) is 0. The zero-order valence-corrected chi connectivity index (χ0v) is 30.8. The van der Waals surface area contributed by atoms with Gasteiger partial charge in [0.2, 0.25) is 0 Å². The summed E-state index contributed by atoms with van der Waals surface area (Å²) in [6, 6.07) is 36.1. The van der Waals surface area contributed by atoms with E-state index in [2.05, 4.69) is 137 Å². The molecule has 230 valence electrons. The van der Waals surface area contributed by atoms with Crippen LogP contribution in [0.25, 0.3) is 40.0 Å². The Hall–Kier alpha value is -3.03. The molecule has 0 radical (unpaired) electrons. The van der Waals surface area contributed by atoms with Gasteiger partial charge in [-0.3, -0.25) is 0 Å². The fourth-order valence-corrected chi connectivity index (χ4v) is 18.8. The Kier molecular flexibility index (Phi) is 9.46. The first-order valence-corrected chi connectivity index (χ1v) is 20.1. The van der Waals surface area contributed by atoms with E-state index in [1.165, 1.54) is 74.9 Å². The van der Waals surface area contributed by atoms with Crippen LogP contribution in [0.15, 0.2) is 107 Å². The minimum Gasteiger partial charge on any atom is -1.00 e. The third-order valence-electron chi connectivity index (χ3n) is 10.2. The van der Waals surface area contributed by atoms with Crippen LogP contribution >= 0.6 is 0 Å². The second-order valence-electron chi connectivity index (χ2n) is 12.9. The fraction of sp³-hybridized carbons (Fsp3) is 0.214. The van der Waals surface area contributed by atoms with Crippen molar-refractivity contribution >= 4 is 20.9 Å². The van der Waals surface area contributed by atoms with Crippen molar-refractivity contribution in [3.05, 3.63) is 148 Å². The first kappa shape index (κ1) is 32.9. The molecule has 0 amide bonds. The molecule has 46 heavy (non-hydrogen) atoms. The molecule has 1 fully saturated rings. The van der Waals surface area contributed by atoms with Crippen molar-refractivity contribution in [2.24, 2.45) is 0 Å². The Balaban J connectivity index is 0.00000186. The quantitative estimate of drug-likeness (QED) is 0.241. The van der Waals surface area contributed by atoms with Gasteiger partial charge >= 0.3 is 271 Å². The Bertz CT molecular complexity index is 2030. The monoisotopic (exact) mass is 718 g/mol. The van der Waals surface area contributed by atoms with Crippen LogP contribution in [0.4, 0.5) is 0 Å². The van der Waals surface area contributed by atoms with Crippen LogP contribution < -0.4 is 24.8 Å². The van der Waals surface area contributed by atoms with Crippen molar-refractivity contribution < 1.29 is 50.5 Å². The number of aryl methyl sites for hydroxylation is 3. The average Bonchev–Trinajstić information content (AvgIpc) is 3.70. The van der Waals surface area contributed by atoms with E-state index in [9.17, 15) is 0 Å². The van der Waals surface area contributed by atoms with Gasteiger partial charge in [-0.1, -0.05) is 0 Å². The second-order valence-corrected chi connectivity index (χ2v) is 19.7. The van der Waals surface area contributed by atoms with Gasteiger partial charge in [0, 0.05) is 0 Å². The van der Waals surface area contributed by atoms with Crippen LogP contribution in [0.2, 0.25) is 0 Å². The molecule has 8 rings (SSSR count). The molecule has 0 N–H and O–H groups in total. The predicted molar refractivity (Wildman–Crippen MR) is 183 cm³/mol. The Morgan fingerprint density at radius 3 is 1.63 bits per heavy atom. The summed E-state index contributed by atoms with van der Waals surface area (Å²) >= 11 is -2.47. The molecule has 2 unspecified atom stereocenters. The molecule has 1 nitrogen and oxygen atoms in total. The van der Waals surface area contributed by atoms with E-state index in [0.29, 0.717) is 7.25 Å². The molecule has 0 saturated heterocycles. The van der Waals surface area contributed by atoms with Crippen LogP contribution in [0.1, 0.15) is 78.3 Å². The molecule has 1 saturated carbocycles. The molecule has 0 spiro atoms. The molecular formula is C42H38Cl2OZr. The summed E-state index contributed by atoms with van der Waals surface area (Å²) in [5.74, 6) is 2.05. The Morgan fingerprint density at radius 1 is 0.587 bits per heavy atom. The molecule has 1 aromatic heterocycles. The maximum absolute atomic E-state index is 6.48. The number of furan rings is 1. The van der Waals surface area contributed by atoms with Gasteiger partial charge in [-0.2, -0.15) is 0 Å². The molecule has 2 atom stereocenters. The summed E-state index contributed by atoms with van der Waals surface area (Å²) in [6.07, 6.45) is 9.02. The molecule has 5 aromatic rings. The van der Waals surface area contributed by atoms with Gasteiger partial charge in [-0.05, 0) is 0 Å². The molecule has 0 bridgehead atoms. The van der Waals surface area contributed by atoms with Crippen molar-refractivity contribution in [1.29, 1.82) is 0 Å². The number of hydrogen-bond acceptors (Lipinski definition) is 1. The van der Waals surface area contributed by atoms with Crippen LogP contribution in [-0.2, 0) is 21.3 Å². The fourth-order valence-electron chi connectivity index (χ4n) is 8.01. The van der Waals surface area contributed by atoms with Crippen molar-refractivity contribution in [2.75, 3.05) is 0 Å². The number of halogens is 2. The number of benzene rings is 4. The SMILES string of the molecule is CC1=Cc2c(ccc(C)c2-c2ccccc2)[CH]1[Zr+2](=[C]1CCC1)[CH]1C(c2ccc(C)o2)=Cc2c1ccc(C)c2-c1ccccc1.[Cl-].[Cl-]. The molecule has 3 aliphatic carbocycles. The largest absolute Gasteiger partial charge is 1.00 e. The minimum absolute atomic E-state index is 0. The molecule has 4 heteroatoms. The van der Waals surface area contributed by atoms with Gasteiger partial charge in [0.15, 0.2) is 0 Å². The van der Waals surface area contributed by atoms with E-state index in [1.54, 1.807) is 11.1 Å². The summed E-state index contributed by atoms with van der Waals surface area (Å²) < 4.78 is 9.35. The van der Waals surface area contributed by atoms with Crippen LogP contribution in [0.5, 0.6) is 0 Å². The summed E-state index contributed by atoms with van der Waals surface area (Å²) in [5.41, 5.74) is 17.1. The average molecular weight is 721 g/mol. The summed E-state index contributed by atoms with van der Waals surface area (Å²) in [4.78, 5) is 0. The topological polar surface area (TPSA) is 13.1 Å². The van der Waals surface area contributed by atoms with Crippen LogP contribution in [0.3, 0.4) is 0 Å². The van der Waals surface area contributed by atoms with Gasteiger partial charge in [0.05, 0.1) is 0 Å². The molecule has 4 aromatic carbocycles. The smallest absolute Gasteiger partial charge is 1.00 e. The number of fused-ring (bicyclic) bond motifs is 2. The molecule has 1 heterocycles. The second kappa shape index (κ2) is 13.2. The van der Waals surface area contributed by atoms with E-state index in [0.717, 1.165) is 11.5 Å². The van der Waals surface area contributed by atoms with E-state index in [4.69, 9.17) is 4.42 Å². The van der Waals surface area contributed by atoms with E-state index in [1.807, 2.05) is 3.21 Å². The van der Waals surface area contributed by atoms with E-state index in [-0.39, 0.29) is 24.8 Å². The number of hydrogen-bond donors (Lipinski definition) is 0. The van der Waals surface area contributed by atoms with E-state index >= 15 is 0 Å². The van der Waals surface area contributed by atoms with Crippen molar-refractivity contribution in [3.8, 4) is 22.3 Å².